The lowest BCUT2D eigenvalue weighted by atomic mass is 10.1. The van der Waals surface area contributed by atoms with E-state index in [0.717, 1.165) is 22.0 Å². The first-order valence-electron chi connectivity index (χ1n) is 9.55. The number of benzene rings is 1. The molecule has 3 aromatic heterocycles. The molecule has 0 bridgehead atoms. The molecule has 0 saturated heterocycles. The molecular formula is C22H22N6O2. The van der Waals surface area contributed by atoms with Crippen LogP contribution in [0, 0.1) is 0 Å². The molecule has 0 aliphatic carbocycles. The molecule has 2 amide bonds. The third kappa shape index (κ3) is 4.61. The van der Waals surface area contributed by atoms with E-state index in [4.69, 9.17) is 4.74 Å². The first kappa shape index (κ1) is 19.5. The lowest BCUT2D eigenvalue weighted by Crippen LogP contribution is -2.35. The van der Waals surface area contributed by atoms with E-state index in [1.54, 1.807) is 38.0 Å². The zero-order valence-corrected chi connectivity index (χ0v) is 16.5. The average Bonchev–Trinajstić information content (AvgIpc) is 3.16. The van der Waals surface area contributed by atoms with Crippen LogP contribution in [0.4, 0.5) is 10.6 Å². The number of carbonyl (C=O) groups excluding carboxylic acids is 1. The number of methoxy groups -OCH3 is 1. The topological polar surface area (TPSA) is 94.0 Å². The number of amides is 2. The Morgan fingerprint density at radius 3 is 2.70 bits per heavy atom. The van der Waals surface area contributed by atoms with Crippen LogP contribution in [0.5, 0.6) is 0 Å². The van der Waals surface area contributed by atoms with Crippen LogP contribution >= 0.6 is 0 Å². The number of ether oxygens (including phenoxy) is 1. The summed E-state index contributed by atoms with van der Waals surface area (Å²) in [6, 6.07) is 14.8. The maximum Gasteiger partial charge on any atom is 0.320 e. The summed E-state index contributed by atoms with van der Waals surface area (Å²) in [6.45, 7) is 0.989. The molecule has 4 rings (SSSR count). The Hall–Kier alpha value is -3.78. The molecule has 1 unspecified atom stereocenters. The van der Waals surface area contributed by atoms with Gasteiger partial charge in [0.15, 0.2) is 0 Å². The number of aromatic nitrogens is 4. The molecule has 1 aromatic carbocycles. The van der Waals surface area contributed by atoms with Crippen LogP contribution in [0.25, 0.3) is 10.9 Å². The number of pyridine rings is 2. The number of anilines is 1. The molecule has 8 nitrogen and oxygen atoms in total. The van der Waals surface area contributed by atoms with Gasteiger partial charge in [0.1, 0.15) is 5.82 Å². The van der Waals surface area contributed by atoms with Gasteiger partial charge in [-0.25, -0.2) is 9.78 Å². The molecular weight excluding hydrogens is 380 g/mol. The molecule has 0 radical (unpaired) electrons. The molecule has 0 saturated carbocycles. The van der Waals surface area contributed by atoms with Gasteiger partial charge in [0.05, 0.1) is 37.1 Å². The Labute approximate surface area is 173 Å². The normalized spacial score (nSPS) is 11.9. The number of urea groups is 1. The van der Waals surface area contributed by atoms with Crippen molar-refractivity contribution in [3.63, 3.8) is 0 Å². The first-order valence-corrected chi connectivity index (χ1v) is 9.55. The number of nitrogens with zero attached hydrogens (tertiary/aromatic N) is 4. The zero-order valence-electron chi connectivity index (χ0n) is 16.5. The molecule has 30 heavy (non-hydrogen) atoms. The van der Waals surface area contributed by atoms with E-state index < -0.39 is 0 Å². The fraction of sp³-hybridized carbons (Fsp3) is 0.182. The number of hydrogen-bond acceptors (Lipinski definition) is 5. The van der Waals surface area contributed by atoms with Gasteiger partial charge < -0.3 is 10.1 Å². The highest BCUT2D eigenvalue weighted by Gasteiger charge is 2.15. The molecule has 8 heteroatoms. The molecule has 1 atom stereocenters. The second-order valence-corrected chi connectivity index (χ2v) is 6.80. The van der Waals surface area contributed by atoms with Gasteiger partial charge in [-0.2, -0.15) is 5.10 Å². The summed E-state index contributed by atoms with van der Waals surface area (Å²) >= 11 is 0. The molecule has 0 fully saturated rings. The van der Waals surface area contributed by atoms with Crippen molar-refractivity contribution in [1.29, 1.82) is 0 Å². The molecule has 0 spiro atoms. The highest BCUT2D eigenvalue weighted by Crippen LogP contribution is 2.18. The fourth-order valence-corrected chi connectivity index (χ4v) is 3.22. The Morgan fingerprint density at radius 2 is 1.93 bits per heavy atom. The molecule has 4 aromatic rings. The van der Waals surface area contributed by atoms with Crippen molar-refractivity contribution >= 4 is 22.8 Å². The third-order valence-corrected chi connectivity index (χ3v) is 4.69. The summed E-state index contributed by atoms with van der Waals surface area (Å²) in [4.78, 5) is 20.9. The predicted molar refractivity (Wildman–Crippen MR) is 114 cm³/mol. The van der Waals surface area contributed by atoms with Crippen LogP contribution < -0.4 is 10.6 Å². The maximum absolute atomic E-state index is 12.5. The van der Waals surface area contributed by atoms with Crippen molar-refractivity contribution in [2.45, 2.75) is 12.6 Å². The Balaban J connectivity index is 1.45. The van der Waals surface area contributed by atoms with Gasteiger partial charge in [-0.15, -0.1) is 0 Å². The van der Waals surface area contributed by atoms with Gasteiger partial charge in [-0.1, -0.05) is 30.3 Å². The zero-order chi connectivity index (χ0) is 20.8. The van der Waals surface area contributed by atoms with Crippen LogP contribution in [-0.4, -0.2) is 39.5 Å². The summed E-state index contributed by atoms with van der Waals surface area (Å²) in [5.41, 5.74) is 2.95. The smallest absolute Gasteiger partial charge is 0.320 e. The molecule has 3 heterocycles. The van der Waals surface area contributed by atoms with Crippen molar-refractivity contribution in [2.75, 3.05) is 19.0 Å². The Bertz CT molecular complexity index is 1110. The van der Waals surface area contributed by atoms with Gasteiger partial charge in [-0.05, 0) is 29.3 Å². The SMILES string of the molecule is COCC(NC(=O)Nc1cc2cnn(Cc3ccncc3)c2cn1)c1ccccc1. The lowest BCUT2D eigenvalue weighted by molar-refractivity contribution is 0.168. The summed E-state index contributed by atoms with van der Waals surface area (Å²) in [6.07, 6.45) is 6.99. The van der Waals surface area contributed by atoms with E-state index in [1.165, 1.54) is 0 Å². The van der Waals surface area contributed by atoms with E-state index in [9.17, 15) is 4.79 Å². The second kappa shape index (κ2) is 9.15. The van der Waals surface area contributed by atoms with Crippen LogP contribution in [0.1, 0.15) is 17.2 Å². The summed E-state index contributed by atoms with van der Waals surface area (Å²) < 4.78 is 7.11. The maximum atomic E-state index is 12.5. The molecule has 2 N–H and O–H groups in total. The highest BCUT2D eigenvalue weighted by molar-refractivity contribution is 5.91. The summed E-state index contributed by atoms with van der Waals surface area (Å²) in [7, 11) is 1.61. The number of rotatable bonds is 7. The van der Waals surface area contributed by atoms with Crippen LogP contribution in [0.15, 0.2) is 73.3 Å². The third-order valence-electron chi connectivity index (χ3n) is 4.69. The van der Waals surface area contributed by atoms with Crippen LogP contribution in [0.2, 0.25) is 0 Å². The van der Waals surface area contributed by atoms with Gasteiger partial charge in [0.2, 0.25) is 0 Å². The van der Waals surface area contributed by atoms with Gasteiger partial charge in [-0.3, -0.25) is 15.0 Å². The Kier molecular flexibility index (Phi) is 5.95. The van der Waals surface area contributed by atoms with E-state index in [-0.39, 0.29) is 12.1 Å². The number of hydrogen-bond donors (Lipinski definition) is 2. The number of fused-ring (bicyclic) bond motifs is 1. The molecule has 152 valence electrons. The van der Waals surface area contributed by atoms with Gasteiger partial charge in [0.25, 0.3) is 0 Å². The fourth-order valence-electron chi connectivity index (χ4n) is 3.22. The van der Waals surface area contributed by atoms with Crippen molar-refractivity contribution in [3.8, 4) is 0 Å². The second-order valence-electron chi connectivity index (χ2n) is 6.80. The van der Waals surface area contributed by atoms with Gasteiger partial charge >= 0.3 is 6.03 Å². The van der Waals surface area contributed by atoms with Crippen LogP contribution in [-0.2, 0) is 11.3 Å². The van der Waals surface area contributed by atoms with Crippen molar-refractivity contribution in [1.82, 2.24) is 25.1 Å². The quantitative estimate of drug-likeness (QED) is 0.494. The van der Waals surface area contributed by atoms with Crippen LogP contribution in [0.3, 0.4) is 0 Å². The highest BCUT2D eigenvalue weighted by atomic mass is 16.5. The summed E-state index contributed by atoms with van der Waals surface area (Å²) in [5.74, 6) is 0.452. The number of carbonyl (C=O) groups is 1. The van der Waals surface area contributed by atoms with Crippen molar-refractivity contribution in [3.05, 3.63) is 84.4 Å². The predicted octanol–water partition coefficient (Wildman–Crippen LogP) is 3.38. The van der Waals surface area contributed by atoms with E-state index in [1.807, 2.05) is 47.1 Å². The lowest BCUT2D eigenvalue weighted by Gasteiger charge is -2.18. The standard InChI is InChI=1S/C22H22N6O2/c1-30-15-19(17-5-3-2-4-6-17)26-22(29)27-21-11-18-12-25-28(20(18)13-24-21)14-16-7-9-23-10-8-16/h2-13,19H,14-15H2,1H3,(H2,24,26,27,29). The summed E-state index contributed by atoms with van der Waals surface area (Å²) in [5, 5.41) is 11.0. The Morgan fingerprint density at radius 1 is 1.13 bits per heavy atom. The average molecular weight is 402 g/mol. The minimum Gasteiger partial charge on any atom is -0.382 e. The van der Waals surface area contributed by atoms with E-state index in [2.05, 4.69) is 25.7 Å². The van der Waals surface area contributed by atoms with Crippen molar-refractivity contribution < 1.29 is 9.53 Å². The first-order chi connectivity index (χ1) is 14.7. The minimum absolute atomic E-state index is 0.261. The van der Waals surface area contributed by atoms with Crippen molar-refractivity contribution in [2.24, 2.45) is 0 Å². The number of nitrogens with one attached hydrogen (secondary N) is 2. The monoisotopic (exact) mass is 402 g/mol. The van der Waals surface area contributed by atoms with E-state index >= 15 is 0 Å². The largest absolute Gasteiger partial charge is 0.382 e. The van der Waals surface area contributed by atoms with E-state index in [0.29, 0.717) is 19.0 Å². The molecule has 0 aliphatic heterocycles. The molecule has 0 aliphatic rings. The van der Waals surface area contributed by atoms with Gasteiger partial charge in [0, 0.05) is 24.9 Å². The minimum atomic E-state index is -0.350.